The Kier molecular flexibility index (Phi) is 4.48. The topological polar surface area (TPSA) is 74.8 Å². The van der Waals surface area contributed by atoms with Gasteiger partial charge >= 0.3 is 0 Å². The molecular weight excluding hydrogens is 216 g/mol. The van der Waals surface area contributed by atoms with Crippen LogP contribution in [-0.4, -0.2) is 33.6 Å². The maximum atomic E-state index is 4.31. The summed E-state index contributed by atoms with van der Waals surface area (Å²) >= 11 is 0. The normalized spacial score (nSPS) is 11.1. The van der Waals surface area contributed by atoms with Crippen molar-refractivity contribution >= 4 is 17.8 Å². The SMILES string of the molecule is CCNc1nc(NCC)nc(NC(C)(C)C)n1. The van der Waals surface area contributed by atoms with Crippen molar-refractivity contribution < 1.29 is 0 Å². The number of nitrogens with one attached hydrogen (secondary N) is 3. The predicted molar refractivity (Wildman–Crippen MR) is 71.5 cm³/mol. The first-order valence-electron chi connectivity index (χ1n) is 5.96. The third-order valence-corrected chi connectivity index (χ3v) is 1.79. The molecule has 0 saturated heterocycles. The van der Waals surface area contributed by atoms with E-state index >= 15 is 0 Å². The van der Waals surface area contributed by atoms with Crippen LogP contribution in [0, 0.1) is 0 Å². The van der Waals surface area contributed by atoms with Gasteiger partial charge in [0.15, 0.2) is 0 Å². The van der Waals surface area contributed by atoms with Crippen molar-refractivity contribution in [2.45, 2.75) is 40.2 Å². The highest BCUT2D eigenvalue weighted by Gasteiger charge is 2.13. The molecule has 0 bridgehead atoms. The van der Waals surface area contributed by atoms with Crippen molar-refractivity contribution in [1.29, 1.82) is 0 Å². The fourth-order valence-corrected chi connectivity index (χ4v) is 1.24. The van der Waals surface area contributed by atoms with Gasteiger partial charge in [0.2, 0.25) is 17.8 Å². The lowest BCUT2D eigenvalue weighted by Gasteiger charge is -2.21. The van der Waals surface area contributed by atoms with Gasteiger partial charge in [-0.1, -0.05) is 0 Å². The van der Waals surface area contributed by atoms with E-state index in [9.17, 15) is 0 Å². The molecular formula is C11H22N6. The van der Waals surface area contributed by atoms with Crippen LogP contribution in [0.15, 0.2) is 0 Å². The van der Waals surface area contributed by atoms with Crippen molar-refractivity contribution in [3.05, 3.63) is 0 Å². The minimum atomic E-state index is -0.0751. The van der Waals surface area contributed by atoms with Gasteiger partial charge in [-0.2, -0.15) is 15.0 Å². The molecule has 0 aromatic carbocycles. The van der Waals surface area contributed by atoms with Crippen molar-refractivity contribution in [1.82, 2.24) is 15.0 Å². The molecule has 0 atom stereocenters. The highest BCUT2D eigenvalue weighted by atomic mass is 15.3. The third kappa shape index (κ3) is 4.84. The van der Waals surface area contributed by atoms with Gasteiger partial charge in [-0.3, -0.25) is 0 Å². The molecule has 0 aliphatic carbocycles. The van der Waals surface area contributed by atoms with E-state index in [2.05, 4.69) is 51.7 Å². The average molecular weight is 238 g/mol. The largest absolute Gasteiger partial charge is 0.354 e. The van der Waals surface area contributed by atoms with Gasteiger partial charge in [0, 0.05) is 18.6 Å². The molecule has 0 aliphatic rings. The molecule has 0 spiro atoms. The minimum Gasteiger partial charge on any atom is -0.354 e. The van der Waals surface area contributed by atoms with E-state index in [0.717, 1.165) is 13.1 Å². The second-order valence-electron chi connectivity index (χ2n) is 4.74. The standard InChI is InChI=1S/C11H22N6/c1-6-12-8-14-9(13-7-2)16-10(15-8)17-11(3,4)5/h6-7H2,1-5H3,(H3,12,13,14,15,16,17). The van der Waals surface area contributed by atoms with Gasteiger partial charge in [-0.15, -0.1) is 0 Å². The Labute approximate surface area is 103 Å². The summed E-state index contributed by atoms with van der Waals surface area (Å²) in [4.78, 5) is 12.9. The highest BCUT2D eigenvalue weighted by molar-refractivity contribution is 5.42. The Bertz CT molecular complexity index is 333. The second kappa shape index (κ2) is 5.65. The number of rotatable bonds is 5. The zero-order chi connectivity index (χ0) is 12.9. The average Bonchev–Trinajstić information content (AvgIpc) is 2.15. The molecule has 1 heterocycles. The predicted octanol–water partition coefficient (Wildman–Crippen LogP) is 1.95. The van der Waals surface area contributed by atoms with E-state index in [0.29, 0.717) is 17.8 Å². The number of hydrogen-bond acceptors (Lipinski definition) is 6. The van der Waals surface area contributed by atoms with Crippen LogP contribution in [0.25, 0.3) is 0 Å². The maximum Gasteiger partial charge on any atom is 0.229 e. The van der Waals surface area contributed by atoms with E-state index in [-0.39, 0.29) is 5.54 Å². The summed E-state index contributed by atoms with van der Waals surface area (Å²) in [6.07, 6.45) is 0. The quantitative estimate of drug-likeness (QED) is 0.728. The van der Waals surface area contributed by atoms with Crippen LogP contribution in [0.2, 0.25) is 0 Å². The van der Waals surface area contributed by atoms with E-state index in [1.54, 1.807) is 0 Å². The fraction of sp³-hybridized carbons (Fsp3) is 0.727. The Morgan fingerprint density at radius 2 is 1.24 bits per heavy atom. The van der Waals surface area contributed by atoms with Gasteiger partial charge < -0.3 is 16.0 Å². The summed E-state index contributed by atoms with van der Waals surface area (Å²) in [6.45, 7) is 11.8. The van der Waals surface area contributed by atoms with Crippen molar-refractivity contribution in [3.63, 3.8) is 0 Å². The molecule has 17 heavy (non-hydrogen) atoms. The summed E-state index contributed by atoms with van der Waals surface area (Å²) in [6, 6.07) is 0. The summed E-state index contributed by atoms with van der Waals surface area (Å²) in [5.41, 5.74) is -0.0751. The molecule has 0 saturated carbocycles. The Balaban J connectivity index is 2.94. The first-order chi connectivity index (χ1) is 7.94. The lowest BCUT2D eigenvalue weighted by molar-refractivity contribution is 0.625. The molecule has 96 valence electrons. The molecule has 0 radical (unpaired) electrons. The van der Waals surface area contributed by atoms with E-state index < -0.39 is 0 Å². The van der Waals surface area contributed by atoms with Crippen LogP contribution in [0.1, 0.15) is 34.6 Å². The van der Waals surface area contributed by atoms with E-state index in [1.165, 1.54) is 0 Å². The third-order valence-electron chi connectivity index (χ3n) is 1.79. The number of nitrogens with zero attached hydrogens (tertiary/aromatic N) is 3. The number of anilines is 3. The second-order valence-corrected chi connectivity index (χ2v) is 4.74. The first-order valence-corrected chi connectivity index (χ1v) is 5.96. The molecule has 0 unspecified atom stereocenters. The smallest absolute Gasteiger partial charge is 0.229 e. The fourth-order valence-electron chi connectivity index (χ4n) is 1.24. The van der Waals surface area contributed by atoms with Crippen LogP contribution in [-0.2, 0) is 0 Å². The van der Waals surface area contributed by atoms with Gasteiger partial charge in [0.25, 0.3) is 0 Å². The van der Waals surface area contributed by atoms with E-state index in [1.807, 2.05) is 13.8 Å². The summed E-state index contributed by atoms with van der Waals surface area (Å²) < 4.78 is 0. The van der Waals surface area contributed by atoms with Crippen LogP contribution >= 0.6 is 0 Å². The Morgan fingerprint density at radius 1 is 0.824 bits per heavy atom. The van der Waals surface area contributed by atoms with Crippen molar-refractivity contribution in [2.24, 2.45) is 0 Å². The lowest BCUT2D eigenvalue weighted by Crippen LogP contribution is -2.28. The van der Waals surface area contributed by atoms with Crippen LogP contribution < -0.4 is 16.0 Å². The number of hydrogen-bond donors (Lipinski definition) is 3. The van der Waals surface area contributed by atoms with Crippen molar-refractivity contribution in [3.8, 4) is 0 Å². The minimum absolute atomic E-state index is 0.0751. The molecule has 3 N–H and O–H groups in total. The Morgan fingerprint density at radius 3 is 1.59 bits per heavy atom. The van der Waals surface area contributed by atoms with Crippen LogP contribution in [0.4, 0.5) is 17.8 Å². The molecule has 0 aliphatic heterocycles. The summed E-state index contributed by atoms with van der Waals surface area (Å²) in [5, 5.41) is 9.42. The molecule has 0 amide bonds. The highest BCUT2D eigenvalue weighted by Crippen LogP contribution is 2.13. The summed E-state index contributed by atoms with van der Waals surface area (Å²) in [5.74, 6) is 1.76. The van der Waals surface area contributed by atoms with Gasteiger partial charge in [-0.05, 0) is 34.6 Å². The van der Waals surface area contributed by atoms with Gasteiger partial charge in [0.05, 0.1) is 0 Å². The molecule has 1 aromatic heterocycles. The molecule has 1 rings (SSSR count). The van der Waals surface area contributed by atoms with Crippen molar-refractivity contribution in [2.75, 3.05) is 29.0 Å². The summed E-state index contributed by atoms with van der Waals surface area (Å²) in [7, 11) is 0. The van der Waals surface area contributed by atoms with Gasteiger partial charge in [0.1, 0.15) is 0 Å². The first kappa shape index (κ1) is 13.5. The molecule has 0 fully saturated rings. The molecule has 6 heteroatoms. The molecule has 6 nitrogen and oxygen atoms in total. The maximum absolute atomic E-state index is 4.31. The lowest BCUT2D eigenvalue weighted by atomic mass is 10.1. The van der Waals surface area contributed by atoms with Crippen LogP contribution in [0.5, 0.6) is 0 Å². The number of aromatic nitrogens is 3. The zero-order valence-corrected chi connectivity index (χ0v) is 11.3. The molecule has 1 aromatic rings. The monoisotopic (exact) mass is 238 g/mol. The Hall–Kier alpha value is -1.59. The van der Waals surface area contributed by atoms with Crippen LogP contribution in [0.3, 0.4) is 0 Å². The van der Waals surface area contributed by atoms with E-state index in [4.69, 9.17) is 0 Å². The zero-order valence-electron chi connectivity index (χ0n) is 11.3. The van der Waals surface area contributed by atoms with Gasteiger partial charge in [-0.25, -0.2) is 0 Å².